The van der Waals surface area contributed by atoms with Gasteiger partial charge in [-0.3, -0.25) is 0 Å². The van der Waals surface area contributed by atoms with E-state index < -0.39 is 0 Å². The van der Waals surface area contributed by atoms with E-state index in [4.69, 9.17) is 4.74 Å². The van der Waals surface area contributed by atoms with Crippen LogP contribution in [0.15, 0.2) is 36.5 Å². The van der Waals surface area contributed by atoms with Crippen molar-refractivity contribution < 1.29 is 9.84 Å². The first-order valence-electron chi connectivity index (χ1n) is 7.30. The summed E-state index contributed by atoms with van der Waals surface area (Å²) in [4.78, 5) is 0. The molecule has 0 amide bonds. The topological polar surface area (TPSA) is 34.4 Å². The molecule has 0 spiro atoms. The van der Waals surface area contributed by atoms with Crippen molar-refractivity contribution in [2.75, 3.05) is 0 Å². The molecule has 1 aromatic heterocycles. The molecule has 1 heterocycles. The maximum atomic E-state index is 10.0. The number of aliphatic hydroxyl groups is 1. The maximum absolute atomic E-state index is 10.0. The van der Waals surface area contributed by atoms with Crippen molar-refractivity contribution in [2.45, 2.75) is 45.3 Å². The van der Waals surface area contributed by atoms with Gasteiger partial charge in [-0.05, 0) is 63.4 Å². The molecule has 1 aliphatic carbocycles. The Morgan fingerprint density at radius 1 is 1.20 bits per heavy atom. The molecule has 20 heavy (non-hydrogen) atoms. The second-order valence-electron chi connectivity index (χ2n) is 5.66. The van der Waals surface area contributed by atoms with Crippen molar-refractivity contribution in [1.29, 1.82) is 0 Å². The third kappa shape index (κ3) is 2.46. The minimum Gasteiger partial charge on any atom is -0.491 e. The fourth-order valence-electron chi connectivity index (χ4n) is 2.87. The summed E-state index contributed by atoms with van der Waals surface area (Å²) in [5, 5.41) is 10.0. The molecule has 1 N–H and O–H groups in total. The van der Waals surface area contributed by atoms with Crippen LogP contribution in [0.3, 0.4) is 0 Å². The molecule has 106 valence electrons. The monoisotopic (exact) mass is 271 g/mol. The molecule has 3 heteroatoms. The second-order valence-corrected chi connectivity index (χ2v) is 5.66. The molecular weight excluding hydrogens is 250 g/mol. The van der Waals surface area contributed by atoms with Gasteiger partial charge in [0.2, 0.25) is 0 Å². The molecule has 1 aliphatic rings. The molecule has 1 atom stereocenters. The SMILES string of the molecule is CC(C)Oc1ccc(-n2ccc3c2CCCC3O)cc1. The van der Waals surface area contributed by atoms with Crippen molar-refractivity contribution in [3.8, 4) is 11.4 Å². The Kier molecular flexibility index (Phi) is 3.53. The highest BCUT2D eigenvalue weighted by Gasteiger charge is 2.21. The summed E-state index contributed by atoms with van der Waals surface area (Å²) in [5.74, 6) is 0.893. The third-order valence-corrected chi connectivity index (χ3v) is 3.76. The van der Waals surface area contributed by atoms with Crippen molar-refractivity contribution >= 4 is 0 Å². The Labute approximate surface area is 119 Å². The fraction of sp³-hybridized carbons (Fsp3) is 0.412. The number of rotatable bonds is 3. The Morgan fingerprint density at radius 2 is 1.95 bits per heavy atom. The summed E-state index contributed by atoms with van der Waals surface area (Å²) in [5.41, 5.74) is 3.44. The predicted molar refractivity (Wildman–Crippen MR) is 79.4 cm³/mol. The molecule has 0 fully saturated rings. The summed E-state index contributed by atoms with van der Waals surface area (Å²) >= 11 is 0. The zero-order valence-electron chi connectivity index (χ0n) is 12.0. The first kappa shape index (κ1) is 13.3. The van der Waals surface area contributed by atoms with Crippen LogP contribution in [0.5, 0.6) is 5.75 Å². The number of benzene rings is 1. The lowest BCUT2D eigenvalue weighted by atomic mass is 9.95. The quantitative estimate of drug-likeness (QED) is 0.925. The van der Waals surface area contributed by atoms with Gasteiger partial charge in [0.25, 0.3) is 0 Å². The van der Waals surface area contributed by atoms with Crippen LogP contribution in [0.2, 0.25) is 0 Å². The van der Waals surface area contributed by atoms with Crippen LogP contribution in [0, 0.1) is 0 Å². The van der Waals surface area contributed by atoms with Gasteiger partial charge in [0.05, 0.1) is 12.2 Å². The Morgan fingerprint density at radius 3 is 2.65 bits per heavy atom. The number of hydrogen-bond acceptors (Lipinski definition) is 2. The van der Waals surface area contributed by atoms with Gasteiger partial charge in [-0.2, -0.15) is 0 Å². The molecule has 3 nitrogen and oxygen atoms in total. The van der Waals surface area contributed by atoms with E-state index in [1.807, 2.05) is 32.0 Å². The van der Waals surface area contributed by atoms with Crippen LogP contribution in [0.4, 0.5) is 0 Å². The first-order chi connectivity index (χ1) is 9.65. The first-order valence-corrected chi connectivity index (χ1v) is 7.30. The Bertz CT molecular complexity index is 584. The van der Waals surface area contributed by atoms with Crippen LogP contribution in [0.1, 0.15) is 44.1 Å². The van der Waals surface area contributed by atoms with Crippen molar-refractivity contribution in [3.63, 3.8) is 0 Å². The van der Waals surface area contributed by atoms with Crippen LogP contribution >= 0.6 is 0 Å². The smallest absolute Gasteiger partial charge is 0.119 e. The van der Waals surface area contributed by atoms with E-state index in [1.54, 1.807) is 0 Å². The molecule has 0 saturated heterocycles. The summed E-state index contributed by atoms with van der Waals surface area (Å²) < 4.78 is 7.84. The summed E-state index contributed by atoms with van der Waals surface area (Å²) in [6, 6.07) is 10.2. The highest BCUT2D eigenvalue weighted by molar-refractivity contribution is 5.42. The minimum absolute atomic E-state index is 0.190. The van der Waals surface area contributed by atoms with Crippen LogP contribution in [-0.4, -0.2) is 15.8 Å². The van der Waals surface area contributed by atoms with Gasteiger partial charge in [-0.15, -0.1) is 0 Å². The van der Waals surface area contributed by atoms with E-state index >= 15 is 0 Å². The van der Waals surface area contributed by atoms with Gasteiger partial charge >= 0.3 is 0 Å². The van der Waals surface area contributed by atoms with Crippen LogP contribution in [-0.2, 0) is 6.42 Å². The van der Waals surface area contributed by atoms with Crippen LogP contribution < -0.4 is 4.74 Å². The second kappa shape index (κ2) is 5.33. The van der Waals surface area contributed by atoms with Crippen molar-refractivity contribution in [2.24, 2.45) is 0 Å². The largest absolute Gasteiger partial charge is 0.491 e. The van der Waals surface area contributed by atoms with Gasteiger partial charge in [0.1, 0.15) is 5.75 Å². The highest BCUT2D eigenvalue weighted by Crippen LogP contribution is 2.32. The average molecular weight is 271 g/mol. The highest BCUT2D eigenvalue weighted by atomic mass is 16.5. The Hall–Kier alpha value is -1.74. The lowest BCUT2D eigenvalue weighted by Crippen LogP contribution is -2.11. The number of aliphatic hydroxyl groups excluding tert-OH is 1. The molecule has 0 saturated carbocycles. The van der Waals surface area contributed by atoms with Gasteiger partial charge in [-0.25, -0.2) is 0 Å². The van der Waals surface area contributed by atoms with E-state index in [-0.39, 0.29) is 12.2 Å². The van der Waals surface area contributed by atoms with Crippen molar-refractivity contribution in [1.82, 2.24) is 4.57 Å². The fourth-order valence-corrected chi connectivity index (χ4v) is 2.87. The standard InChI is InChI=1S/C17H21NO2/c1-12(2)20-14-8-6-13(7-9-14)18-11-10-15-16(18)4-3-5-17(15)19/h6-12,17,19H,3-5H2,1-2H3. The van der Waals surface area contributed by atoms with Crippen molar-refractivity contribution in [3.05, 3.63) is 47.8 Å². The van der Waals surface area contributed by atoms with Gasteiger partial charge in [-0.1, -0.05) is 0 Å². The number of fused-ring (bicyclic) bond motifs is 1. The van der Waals surface area contributed by atoms with Gasteiger partial charge in [0, 0.05) is 23.1 Å². The van der Waals surface area contributed by atoms with E-state index in [0.717, 1.165) is 36.3 Å². The lowest BCUT2D eigenvalue weighted by molar-refractivity contribution is 0.156. The number of aromatic nitrogens is 1. The average Bonchev–Trinajstić information content (AvgIpc) is 2.84. The lowest BCUT2D eigenvalue weighted by Gasteiger charge is -2.20. The third-order valence-electron chi connectivity index (χ3n) is 3.76. The molecule has 1 unspecified atom stereocenters. The summed E-state index contributed by atoms with van der Waals surface area (Å²) in [6.07, 6.45) is 4.89. The molecule has 0 bridgehead atoms. The predicted octanol–water partition coefficient (Wildman–Crippen LogP) is 3.63. The van der Waals surface area contributed by atoms with Gasteiger partial charge < -0.3 is 14.4 Å². The molecule has 0 radical (unpaired) electrons. The van der Waals surface area contributed by atoms with E-state index in [0.29, 0.717) is 0 Å². The number of ether oxygens (including phenoxy) is 1. The van der Waals surface area contributed by atoms with E-state index in [1.165, 1.54) is 5.69 Å². The molecule has 0 aliphatic heterocycles. The molecule has 3 rings (SSSR count). The number of hydrogen-bond donors (Lipinski definition) is 1. The number of nitrogens with zero attached hydrogens (tertiary/aromatic N) is 1. The minimum atomic E-state index is -0.302. The zero-order chi connectivity index (χ0) is 14.1. The van der Waals surface area contributed by atoms with E-state index in [2.05, 4.69) is 22.9 Å². The van der Waals surface area contributed by atoms with Gasteiger partial charge in [0.15, 0.2) is 0 Å². The van der Waals surface area contributed by atoms with Crippen LogP contribution in [0.25, 0.3) is 5.69 Å². The molecule has 1 aromatic carbocycles. The Balaban J connectivity index is 1.90. The summed E-state index contributed by atoms with van der Waals surface area (Å²) in [7, 11) is 0. The van der Waals surface area contributed by atoms with E-state index in [9.17, 15) is 5.11 Å². The molecule has 2 aromatic rings. The normalized spacial score (nSPS) is 18.1. The summed E-state index contributed by atoms with van der Waals surface area (Å²) in [6.45, 7) is 4.05. The zero-order valence-corrected chi connectivity index (χ0v) is 12.0. The maximum Gasteiger partial charge on any atom is 0.119 e. The molecular formula is C17H21NO2.